The number of fused-ring (bicyclic) bond motifs is 2. The Balaban J connectivity index is 1.93. The minimum Gasteiger partial charge on any atom is -0.274 e. The van der Waals surface area contributed by atoms with E-state index in [1.165, 1.54) is 11.6 Å². The maximum absolute atomic E-state index is 13.8. The summed E-state index contributed by atoms with van der Waals surface area (Å²) in [5.74, 6) is 0.0309. The van der Waals surface area contributed by atoms with Crippen molar-refractivity contribution in [2.24, 2.45) is 4.99 Å². The van der Waals surface area contributed by atoms with Crippen molar-refractivity contribution in [1.82, 2.24) is 15.2 Å². The first-order valence-electron chi connectivity index (χ1n) is 8.07. The second-order valence-corrected chi connectivity index (χ2v) is 6.39. The first kappa shape index (κ1) is 14.9. The lowest BCUT2D eigenvalue weighted by molar-refractivity contribution is 0.447. The number of hydrogen-bond acceptors (Lipinski definition) is 4. The summed E-state index contributed by atoms with van der Waals surface area (Å²) in [4.78, 5) is 9.45. The second-order valence-electron chi connectivity index (χ2n) is 6.39. The molecule has 2 aromatic carbocycles. The summed E-state index contributed by atoms with van der Waals surface area (Å²) in [5.41, 5.74) is 3.48. The van der Waals surface area contributed by atoms with Crippen molar-refractivity contribution in [3.8, 4) is 0 Å². The Kier molecular flexibility index (Phi) is 3.37. The van der Waals surface area contributed by atoms with Gasteiger partial charge in [-0.2, -0.15) is 0 Å². The average molecular weight is 320 g/mol. The first-order chi connectivity index (χ1) is 11.6. The van der Waals surface area contributed by atoms with Crippen molar-refractivity contribution in [3.05, 3.63) is 65.2 Å². The van der Waals surface area contributed by atoms with Crippen molar-refractivity contribution in [2.75, 3.05) is 0 Å². The molecule has 0 amide bonds. The van der Waals surface area contributed by atoms with Crippen LogP contribution >= 0.6 is 0 Å². The van der Waals surface area contributed by atoms with E-state index in [0.29, 0.717) is 11.3 Å². The van der Waals surface area contributed by atoms with Crippen LogP contribution in [0.5, 0.6) is 0 Å². The molecule has 0 saturated carbocycles. The quantitative estimate of drug-likeness (QED) is 0.723. The van der Waals surface area contributed by atoms with E-state index < -0.39 is 5.82 Å². The number of benzene rings is 2. The minimum absolute atomic E-state index is 0.184. The molecule has 0 fully saturated rings. The summed E-state index contributed by atoms with van der Waals surface area (Å²) in [5, 5.41) is 8.19. The van der Waals surface area contributed by atoms with Gasteiger partial charge in [0.2, 0.25) is 5.82 Å². The molecule has 0 aliphatic carbocycles. The average Bonchev–Trinajstić information content (AvgIpc) is 2.61. The molecule has 4 rings (SSSR count). The zero-order valence-electron chi connectivity index (χ0n) is 13.6. The molecule has 120 valence electrons. The summed E-state index contributed by atoms with van der Waals surface area (Å²) in [6.45, 7) is 4.26. The summed E-state index contributed by atoms with van der Waals surface area (Å²) in [7, 11) is 0. The Morgan fingerprint density at radius 2 is 1.92 bits per heavy atom. The molecule has 0 radical (unpaired) electrons. The van der Waals surface area contributed by atoms with Gasteiger partial charge in [-0.05, 0) is 37.5 Å². The van der Waals surface area contributed by atoms with E-state index in [1.54, 1.807) is 12.1 Å². The molecule has 4 nitrogen and oxygen atoms in total. The molecule has 1 aliphatic rings. The molecule has 1 atom stereocenters. The SMILES string of the molecule is CCC1(C)Cc2ccccc2C(c2nnc3c(F)cccc3n2)=N1. The zero-order chi connectivity index (χ0) is 16.7. The monoisotopic (exact) mass is 320 g/mol. The molecular weight excluding hydrogens is 303 g/mol. The molecule has 0 bridgehead atoms. The van der Waals surface area contributed by atoms with Crippen LogP contribution in [0.15, 0.2) is 47.5 Å². The Labute approximate surface area is 139 Å². The van der Waals surface area contributed by atoms with Crippen LogP contribution in [0.1, 0.15) is 37.2 Å². The number of rotatable bonds is 2. The van der Waals surface area contributed by atoms with Crippen molar-refractivity contribution in [2.45, 2.75) is 32.2 Å². The topological polar surface area (TPSA) is 51.0 Å². The lowest BCUT2D eigenvalue weighted by Gasteiger charge is -2.30. The first-order valence-corrected chi connectivity index (χ1v) is 8.07. The molecule has 0 spiro atoms. The lowest BCUT2D eigenvalue weighted by atomic mass is 9.84. The van der Waals surface area contributed by atoms with E-state index in [4.69, 9.17) is 4.99 Å². The maximum Gasteiger partial charge on any atom is 0.201 e. The summed E-state index contributed by atoms with van der Waals surface area (Å²) >= 11 is 0. The Morgan fingerprint density at radius 1 is 1.08 bits per heavy atom. The molecule has 0 N–H and O–H groups in total. The van der Waals surface area contributed by atoms with Gasteiger partial charge in [-0.3, -0.25) is 4.99 Å². The van der Waals surface area contributed by atoms with Gasteiger partial charge in [-0.25, -0.2) is 9.37 Å². The maximum atomic E-state index is 13.8. The Bertz CT molecular complexity index is 966. The number of nitrogens with zero attached hydrogens (tertiary/aromatic N) is 4. The highest BCUT2D eigenvalue weighted by molar-refractivity contribution is 6.12. The molecule has 3 aromatic rings. The summed E-state index contributed by atoms with van der Waals surface area (Å²) in [6.07, 6.45) is 1.80. The van der Waals surface area contributed by atoms with E-state index in [2.05, 4.69) is 35.1 Å². The molecule has 1 aromatic heterocycles. The molecular formula is C19H17FN4. The van der Waals surface area contributed by atoms with Crippen molar-refractivity contribution in [1.29, 1.82) is 0 Å². The number of hydrogen-bond donors (Lipinski definition) is 0. The smallest absolute Gasteiger partial charge is 0.201 e. The largest absolute Gasteiger partial charge is 0.274 e. The Morgan fingerprint density at radius 3 is 2.75 bits per heavy atom. The summed E-state index contributed by atoms with van der Waals surface area (Å²) in [6, 6.07) is 12.9. The standard InChI is InChI=1S/C19H17FN4/c1-3-19(2)11-12-7-4-5-8-13(12)16(22-19)18-21-15-10-6-9-14(20)17(15)23-24-18/h4-10H,3,11H2,1-2H3. The van der Waals surface area contributed by atoms with Crippen molar-refractivity contribution in [3.63, 3.8) is 0 Å². The highest BCUT2D eigenvalue weighted by atomic mass is 19.1. The third-order valence-corrected chi connectivity index (χ3v) is 4.64. The highest BCUT2D eigenvalue weighted by Crippen LogP contribution is 2.31. The lowest BCUT2D eigenvalue weighted by Crippen LogP contribution is -2.32. The van der Waals surface area contributed by atoms with Gasteiger partial charge < -0.3 is 0 Å². The van der Waals surface area contributed by atoms with E-state index in [-0.39, 0.29) is 11.1 Å². The molecule has 24 heavy (non-hydrogen) atoms. The van der Waals surface area contributed by atoms with E-state index >= 15 is 0 Å². The minimum atomic E-state index is -0.413. The number of aromatic nitrogens is 3. The van der Waals surface area contributed by atoms with Crippen molar-refractivity contribution < 1.29 is 4.39 Å². The zero-order valence-corrected chi connectivity index (χ0v) is 13.6. The van der Waals surface area contributed by atoms with Crippen LogP contribution in [0.4, 0.5) is 4.39 Å². The van der Waals surface area contributed by atoms with E-state index in [9.17, 15) is 4.39 Å². The number of halogens is 1. The van der Waals surface area contributed by atoms with Gasteiger partial charge in [0.1, 0.15) is 11.2 Å². The highest BCUT2D eigenvalue weighted by Gasteiger charge is 2.31. The predicted octanol–water partition coefficient (Wildman–Crippen LogP) is 3.73. The van der Waals surface area contributed by atoms with Gasteiger partial charge in [0.25, 0.3) is 0 Å². The predicted molar refractivity (Wildman–Crippen MR) is 91.8 cm³/mol. The van der Waals surface area contributed by atoms with Crippen LogP contribution in [-0.2, 0) is 6.42 Å². The second kappa shape index (κ2) is 5.44. The summed E-state index contributed by atoms with van der Waals surface area (Å²) < 4.78 is 13.8. The van der Waals surface area contributed by atoms with Crippen LogP contribution in [0.25, 0.3) is 11.0 Å². The number of aliphatic imine (C=N–C) groups is 1. The third kappa shape index (κ3) is 2.37. The molecule has 1 unspecified atom stereocenters. The van der Waals surface area contributed by atoms with Crippen LogP contribution in [0.3, 0.4) is 0 Å². The van der Waals surface area contributed by atoms with E-state index in [1.807, 2.05) is 18.2 Å². The Hall–Kier alpha value is -2.69. The molecule has 5 heteroatoms. The van der Waals surface area contributed by atoms with Crippen LogP contribution in [-0.4, -0.2) is 26.4 Å². The molecule has 2 heterocycles. The van der Waals surface area contributed by atoms with Gasteiger partial charge in [0.05, 0.1) is 11.1 Å². The third-order valence-electron chi connectivity index (χ3n) is 4.64. The van der Waals surface area contributed by atoms with Gasteiger partial charge in [-0.1, -0.05) is 37.3 Å². The van der Waals surface area contributed by atoms with Gasteiger partial charge >= 0.3 is 0 Å². The van der Waals surface area contributed by atoms with Gasteiger partial charge in [0.15, 0.2) is 5.82 Å². The molecule has 1 aliphatic heterocycles. The van der Waals surface area contributed by atoms with Crippen molar-refractivity contribution >= 4 is 16.7 Å². The van der Waals surface area contributed by atoms with Crippen LogP contribution in [0, 0.1) is 5.82 Å². The fourth-order valence-electron chi connectivity index (χ4n) is 3.09. The van der Waals surface area contributed by atoms with Gasteiger partial charge in [-0.15, -0.1) is 10.2 Å². The van der Waals surface area contributed by atoms with E-state index in [0.717, 1.165) is 24.1 Å². The van der Waals surface area contributed by atoms with Crippen LogP contribution in [0.2, 0.25) is 0 Å². The fraction of sp³-hybridized carbons (Fsp3) is 0.263. The normalized spacial score (nSPS) is 19.9. The fourth-order valence-corrected chi connectivity index (χ4v) is 3.09. The molecule has 0 saturated heterocycles. The van der Waals surface area contributed by atoms with Gasteiger partial charge in [0, 0.05) is 5.56 Å². The van der Waals surface area contributed by atoms with Crippen LogP contribution < -0.4 is 0 Å².